The standard InChI is InChI=1S/C7H7FO2.W/c1-3-6(8)4-5(2)7(9)10;/h4H,2H2,1H3,(H,9,10);. The molecule has 0 heterocycles. The van der Waals surface area contributed by atoms with Gasteiger partial charge in [-0.15, -0.1) is 0 Å². The molecule has 0 radical (unpaired) electrons. The van der Waals surface area contributed by atoms with Gasteiger partial charge in [-0.2, -0.15) is 0 Å². The van der Waals surface area contributed by atoms with Crippen LogP contribution >= 0.6 is 0 Å². The molecule has 0 unspecified atom stereocenters. The molecule has 0 spiro atoms. The summed E-state index contributed by atoms with van der Waals surface area (Å²) in [6, 6.07) is 0. The number of allylic oxidation sites excluding steroid dienone is 1. The van der Waals surface area contributed by atoms with Crippen LogP contribution in [0, 0.1) is 0 Å². The normalized spacial score (nSPS) is 10.9. The van der Waals surface area contributed by atoms with E-state index in [2.05, 4.69) is 6.58 Å². The summed E-state index contributed by atoms with van der Waals surface area (Å²) in [5.74, 6) is -1.70. The number of aliphatic carboxylic acids is 1. The van der Waals surface area contributed by atoms with Gasteiger partial charge < -0.3 is 0 Å². The second kappa shape index (κ2) is 4.34. The molecule has 0 aromatic rings. The average molecular weight is 326 g/mol. The van der Waals surface area contributed by atoms with Crippen LogP contribution in [-0.4, -0.2) is 15.0 Å². The molecule has 0 aromatic carbocycles. The van der Waals surface area contributed by atoms with Crippen molar-refractivity contribution in [2.75, 3.05) is 0 Å². The first kappa shape index (κ1) is 10.4. The number of carbonyl (C=O) groups is 1. The van der Waals surface area contributed by atoms with Gasteiger partial charge in [-0.05, 0) is 0 Å². The Morgan fingerprint density at radius 1 is 1.73 bits per heavy atom. The van der Waals surface area contributed by atoms with E-state index in [0.717, 1.165) is 25.4 Å². The number of hydrogen-bond donors (Lipinski definition) is 1. The third kappa shape index (κ3) is 3.99. The van der Waals surface area contributed by atoms with Gasteiger partial charge in [0.25, 0.3) is 0 Å². The van der Waals surface area contributed by atoms with Crippen LogP contribution in [0.1, 0.15) is 6.92 Å². The quantitative estimate of drug-likeness (QED) is 0.626. The first-order chi connectivity index (χ1) is 4.95. The van der Waals surface area contributed by atoms with E-state index >= 15 is 0 Å². The van der Waals surface area contributed by atoms with Gasteiger partial charge in [0.2, 0.25) is 0 Å². The van der Waals surface area contributed by atoms with E-state index in [4.69, 9.17) is 5.11 Å². The molecule has 0 rings (SSSR count). The van der Waals surface area contributed by atoms with E-state index in [1.807, 2.05) is 0 Å². The Kier molecular flexibility index (Phi) is 4.12. The third-order valence-electron chi connectivity index (χ3n) is 0.912. The van der Waals surface area contributed by atoms with Crippen LogP contribution in [0.25, 0.3) is 0 Å². The minimum absolute atomic E-state index is 0.233. The molecule has 60 valence electrons. The molecule has 1 N–H and O–H groups in total. The summed E-state index contributed by atoms with van der Waals surface area (Å²) in [6.45, 7) is 4.75. The maximum absolute atomic E-state index is 12.7. The predicted octanol–water partition coefficient (Wildman–Crippen LogP) is 1.22. The minimum atomic E-state index is -1.20. The zero-order chi connectivity index (χ0) is 9.02. The molecule has 2 nitrogen and oxygen atoms in total. The SMILES string of the molecule is C=C(C=C(F)[C](C)=[W])C(=O)O. The number of carboxylic acids is 1. The van der Waals surface area contributed by atoms with Gasteiger partial charge in [0.05, 0.1) is 0 Å². The summed E-state index contributed by atoms with van der Waals surface area (Å²) in [5, 5.41) is 8.30. The monoisotopic (exact) mass is 326 g/mol. The molecule has 0 aliphatic heterocycles. The second-order valence-electron chi connectivity index (χ2n) is 1.88. The summed E-state index contributed by atoms with van der Waals surface area (Å²) in [4.78, 5) is 10.1. The van der Waals surface area contributed by atoms with Gasteiger partial charge in [0.1, 0.15) is 0 Å². The predicted molar refractivity (Wildman–Crippen MR) is 36.6 cm³/mol. The third-order valence-corrected chi connectivity index (χ3v) is 1.61. The van der Waals surface area contributed by atoms with Gasteiger partial charge in [-0.25, -0.2) is 0 Å². The summed E-state index contributed by atoms with van der Waals surface area (Å²) in [7, 11) is 0. The average Bonchev–Trinajstić information content (AvgIpc) is 1.87. The molecule has 0 bridgehead atoms. The van der Waals surface area contributed by atoms with Gasteiger partial charge in [-0.3, -0.25) is 0 Å². The molecule has 0 aliphatic rings. The summed E-state index contributed by atoms with van der Waals surface area (Å²) >= 11 is 0.979. The fourth-order valence-electron chi connectivity index (χ4n) is 0.316. The van der Waals surface area contributed by atoms with Crippen molar-refractivity contribution >= 4 is 9.87 Å². The molecule has 4 heteroatoms. The Morgan fingerprint density at radius 2 is 2.18 bits per heavy atom. The van der Waals surface area contributed by atoms with E-state index in [0.29, 0.717) is 3.90 Å². The summed E-state index contributed by atoms with van der Waals surface area (Å²) in [6.07, 6.45) is 0.921. The molecule has 0 fully saturated rings. The Bertz CT molecular complexity index is 243. The van der Waals surface area contributed by atoms with Gasteiger partial charge >= 0.3 is 74.5 Å². The first-order valence-electron chi connectivity index (χ1n) is 2.75. The van der Waals surface area contributed by atoms with Crippen molar-refractivity contribution in [2.45, 2.75) is 6.92 Å². The van der Waals surface area contributed by atoms with Crippen molar-refractivity contribution in [1.82, 2.24) is 0 Å². The zero-order valence-corrected chi connectivity index (χ0v) is 8.86. The van der Waals surface area contributed by atoms with Gasteiger partial charge in [-0.1, -0.05) is 0 Å². The molecular formula is C7H7FO2W. The van der Waals surface area contributed by atoms with Crippen molar-refractivity contribution in [3.63, 3.8) is 0 Å². The number of rotatable bonds is 3. The Hall–Kier alpha value is -0.562. The van der Waals surface area contributed by atoms with Crippen LogP contribution in [0.15, 0.2) is 24.1 Å². The van der Waals surface area contributed by atoms with Crippen LogP contribution in [0.5, 0.6) is 0 Å². The van der Waals surface area contributed by atoms with Crippen LogP contribution in [0.3, 0.4) is 0 Å². The molecule has 0 aliphatic carbocycles. The summed E-state index contributed by atoms with van der Waals surface area (Å²) < 4.78 is 13.2. The molecule has 11 heavy (non-hydrogen) atoms. The number of halogens is 1. The maximum atomic E-state index is 12.7. The van der Waals surface area contributed by atoms with Gasteiger partial charge in [0.15, 0.2) is 0 Å². The topological polar surface area (TPSA) is 37.3 Å². The van der Waals surface area contributed by atoms with Crippen molar-refractivity contribution < 1.29 is 33.6 Å². The molecule has 0 saturated heterocycles. The molecule has 0 atom stereocenters. The number of carboxylic acid groups (broad SMARTS) is 1. The van der Waals surface area contributed by atoms with E-state index in [-0.39, 0.29) is 5.57 Å². The van der Waals surface area contributed by atoms with Crippen LogP contribution < -0.4 is 0 Å². The van der Waals surface area contributed by atoms with Crippen molar-refractivity contribution in [3.05, 3.63) is 24.1 Å². The van der Waals surface area contributed by atoms with Crippen LogP contribution in [-0.2, 0) is 24.1 Å². The summed E-state index contributed by atoms with van der Waals surface area (Å²) in [5.41, 5.74) is -0.233. The Balaban J connectivity index is 4.44. The van der Waals surface area contributed by atoms with Gasteiger partial charge in [0, 0.05) is 0 Å². The second-order valence-corrected chi connectivity index (χ2v) is 4.08. The fraction of sp³-hybridized carbons (Fsp3) is 0.143. The zero-order valence-electron chi connectivity index (χ0n) is 5.93. The van der Waals surface area contributed by atoms with E-state index in [1.165, 1.54) is 0 Å². The molecule has 0 saturated carbocycles. The van der Waals surface area contributed by atoms with Crippen LogP contribution in [0.4, 0.5) is 4.39 Å². The first-order valence-corrected chi connectivity index (χ1v) is 4.22. The van der Waals surface area contributed by atoms with Crippen LogP contribution in [0.2, 0.25) is 0 Å². The van der Waals surface area contributed by atoms with Crippen molar-refractivity contribution in [1.29, 1.82) is 0 Å². The van der Waals surface area contributed by atoms with E-state index in [1.54, 1.807) is 6.92 Å². The molecule has 0 amide bonds. The Labute approximate surface area is 74.8 Å². The molecule has 0 aromatic heterocycles. The van der Waals surface area contributed by atoms with E-state index < -0.39 is 11.8 Å². The van der Waals surface area contributed by atoms with Crippen molar-refractivity contribution in [3.8, 4) is 0 Å². The van der Waals surface area contributed by atoms with Crippen molar-refractivity contribution in [2.24, 2.45) is 0 Å². The Morgan fingerprint density at radius 3 is 2.45 bits per heavy atom. The van der Waals surface area contributed by atoms with E-state index in [9.17, 15) is 9.18 Å². The molecular weight excluding hydrogens is 319 g/mol. The number of hydrogen-bond acceptors (Lipinski definition) is 1. The fourth-order valence-corrected chi connectivity index (χ4v) is 0.528.